The third kappa shape index (κ3) is 3.54. The summed E-state index contributed by atoms with van der Waals surface area (Å²) in [4.78, 5) is 4.55. The van der Waals surface area contributed by atoms with Crippen LogP contribution in [-0.4, -0.2) is 33.6 Å². The van der Waals surface area contributed by atoms with Crippen molar-refractivity contribution in [1.29, 1.82) is 0 Å². The first kappa shape index (κ1) is 15.6. The second-order valence-corrected chi connectivity index (χ2v) is 5.42. The van der Waals surface area contributed by atoms with Crippen molar-refractivity contribution in [2.45, 2.75) is 12.5 Å². The van der Waals surface area contributed by atoms with E-state index in [0.29, 0.717) is 18.0 Å². The number of hydrogen-bond acceptors (Lipinski definition) is 4. The molecule has 0 saturated carbocycles. The molecule has 0 aromatic heterocycles. The van der Waals surface area contributed by atoms with Gasteiger partial charge >= 0.3 is 0 Å². The van der Waals surface area contributed by atoms with Gasteiger partial charge < -0.3 is 14.2 Å². The van der Waals surface area contributed by atoms with Crippen LogP contribution in [0, 0.1) is 0 Å². The van der Waals surface area contributed by atoms with Crippen molar-refractivity contribution in [3.8, 4) is 11.5 Å². The molecule has 1 aliphatic heterocycles. The van der Waals surface area contributed by atoms with Crippen LogP contribution < -0.4 is 9.47 Å². The van der Waals surface area contributed by atoms with Crippen LogP contribution in [-0.2, 0) is 11.2 Å². The lowest BCUT2D eigenvalue weighted by Crippen LogP contribution is -2.18. The average molecular weight is 311 g/mol. The summed E-state index contributed by atoms with van der Waals surface area (Å²) in [5, 5.41) is 0. The Morgan fingerprint density at radius 3 is 2.78 bits per heavy atom. The molecule has 0 amide bonds. The molecule has 0 N–H and O–H groups in total. The lowest BCUT2D eigenvalue weighted by atomic mass is 9.98. The highest BCUT2D eigenvalue weighted by Gasteiger charge is 2.19. The molecular formula is C19H21NO3. The summed E-state index contributed by atoms with van der Waals surface area (Å²) in [5.41, 5.74) is 3.60. The molecule has 23 heavy (non-hydrogen) atoms. The van der Waals surface area contributed by atoms with E-state index in [1.807, 2.05) is 24.4 Å². The van der Waals surface area contributed by atoms with Crippen molar-refractivity contribution < 1.29 is 14.2 Å². The van der Waals surface area contributed by atoms with Gasteiger partial charge in [0, 0.05) is 6.21 Å². The number of methoxy groups -OCH3 is 2. The Labute approximate surface area is 136 Å². The van der Waals surface area contributed by atoms with E-state index in [1.54, 1.807) is 14.2 Å². The minimum absolute atomic E-state index is 0.0383. The number of aliphatic imine (C=N–C) groups is 1. The molecule has 4 nitrogen and oxygen atoms in total. The highest BCUT2D eigenvalue weighted by Crippen LogP contribution is 2.28. The summed E-state index contributed by atoms with van der Waals surface area (Å²) in [6, 6.07) is 14.2. The fourth-order valence-electron chi connectivity index (χ4n) is 2.81. The van der Waals surface area contributed by atoms with Crippen LogP contribution in [0.4, 0.5) is 0 Å². The van der Waals surface area contributed by atoms with Crippen molar-refractivity contribution in [2.24, 2.45) is 4.99 Å². The van der Waals surface area contributed by atoms with Crippen LogP contribution in [0.2, 0.25) is 0 Å². The largest absolute Gasteiger partial charge is 0.493 e. The van der Waals surface area contributed by atoms with Gasteiger partial charge in [-0.05, 0) is 41.3 Å². The van der Waals surface area contributed by atoms with E-state index in [1.165, 1.54) is 11.1 Å². The van der Waals surface area contributed by atoms with Crippen LogP contribution in [0.3, 0.4) is 0 Å². The molecule has 0 unspecified atom stereocenters. The summed E-state index contributed by atoms with van der Waals surface area (Å²) in [7, 11) is 3.26. The second-order valence-electron chi connectivity index (χ2n) is 5.42. The van der Waals surface area contributed by atoms with Crippen molar-refractivity contribution >= 4 is 6.21 Å². The van der Waals surface area contributed by atoms with Gasteiger partial charge in [-0.1, -0.05) is 24.3 Å². The smallest absolute Gasteiger partial charge is 0.161 e. The van der Waals surface area contributed by atoms with Gasteiger partial charge in [-0.15, -0.1) is 0 Å². The molecule has 2 aromatic rings. The van der Waals surface area contributed by atoms with Gasteiger partial charge in [0.05, 0.1) is 27.4 Å². The van der Waals surface area contributed by atoms with Gasteiger partial charge in [0.1, 0.15) is 6.10 Å². The molecule has 0 bridgehead atoms. The van der Waals surface area contributed by atoms with E-state index in [-0.39, 0.29) is 6.10 Å². The fraction of sp³-hybridized carbons (Fsp3) is 0.316. The van der Waals surface area contributed by atoms with E-state index in [4.69, 9.17) is 14.2 Å². The summed E-state index contributed by atoms with van der Waals surface area (Å²) < 4.78 is 16.4. The van der Waals surface area contributed by atoms with Crippen LogP contribution in [0.25, 0.3) is 0 Å². The molecule has 0 fully saturated rings. The first-order valence-electron chi connectivity index (χ1n) is 7.73. The van der Waals surface area contributed by atoms with Crippen molar-refractivity contribution in [3.05, 3.63) is 59.2 Å². The summed E-state index contributed by atoms with van der Waals surface area (Å²) in [6.45, 7) is 1.37. The number of nitrogens with zero attached hydrogens (tertiary/aromatic N) is 1. The summed E-state index contributed by atoms with van der Waals surface area (Å²) >= 11 is 0. The van der Waals surface area contributed by atoms with E-state index in [0.717, 1.165) is 18.6 Å². The fourth-order valence-corrected chi connectivity index (χ4v) is 2.81. The predicted octanol–water partition coefficient (Wildman–Crippen LogP) is 3.44. The molecule has 0 radical (unpaired) electrons. The maximum Gasteiger partial charge on any atom is 0.161 e. The molecule has 0 saturated heterocycles. The highest BCUT2D eigenvalue weighted by molar-refractivity contribution is 5.81. The maximum atomic E-state index is 5.87. The molecular weight excluding hydrogens is 290 g/mol. The van der Waals surface area contributed by atoms with Gasteiger partial charge in [-0.2, -0.15) is 0 Å². The standard InChI is InChI=1S/C19H21NO3/c1-21-17-8-7-14(11-18(17)22-2)12-20-13-19-16-6-4-3-5-15(16)9-10-23-19/h3-8,11-12,19H,9-10,13H2,1-2H3/t19-/m1/s1. The quantitative estimate of drug-likeness (QED) is 0.794. The Hall–Kier alpha value is -2.33. The first-order valence-corrected chi connectivity index (χ1v) is 7.73. The lowest BCUT2D eigenvalue weighted by molar-refractivity contribution is 0.0489. The Morgan fingerprint density at radius 1 is 1.13 bits per heavy atom. The van der Waals surface area contributed by atoms with Gasteiger partial charge in [-0.3, -0.25) is 4.99 Å². The van der Waals surface area contributed by atoms with E-state index in [2.05, 4.69) is 29.3 Å². The topological polar surface area (TPSA) is 40.0 Å². The average Bonchev–Trinajstić information content (AvgIpc) is 2.61. The highest BCUT2D eigenvalue weighted by atomic mass is 16.5. The Kier molecular flexibility index (Phi) is 4.93. The number of benzene rings is 2. The van der Waals surface area contributed by atoms with Crippen LogP contribution >= 0.6 is 0 Å². The molecule has 1 aliphatic rings. The van der Waals surface area contributed by atoms with Crippen LogP contribution in [0.15, 0.2) is 47.5 Å². The molecule has 3 rings (SSSR count). The molecule has 4 heteroatoms. The molecule has 1 atom stereocenters. The monoisotopic (exact) mass is 311 g/mol. The van der Waals surface area contributed by atoms with Crippen molar-refractivity contribution in [2.75, 3.05) is 27.4 Å². The van der Waals surface area contributed by atoms with Gasteiger partial charge in [0.15, 0.2) is 11.5 Å². The second kappa shape index (κ2) is 7.29. The summed E-state index contributed by atoms with van der Waals surface area (Å²) in [6.07, 6.45) is 2.87. The first-order chi connectivity index (χ1) is 11.3. The van der Waals surface area contributed by atoms with Crippen LogP contribution in [0.1, 0.15) is 22.8 Å². The number of rotatable bonds is 5. The molecule has 2 aromatic carbocycles. The minimum atomic E-state index is 0.0383. The van der Waals surface area contributed by atoms with Crippen LogP contribution in [0.5, 0.6) is 11.5 Å². The lowest BCUT2D eigenvalue weighted by Gasteiger charge is -2.24. The van der Waals surface area contributed by atoms with E-state index < -0.39 is 0 Å². The third-order valence-corrected chi connectivity index (χ3v) is 4.01. The van der Waals surface area contributed by atoms with Crippen molar-refractivity contribution in [3.63, 3.8) is 0 Å². The zero-order valence-electron chi connectivity index (χ0n) is 13.5. The van der Waals surface area contributed by atoms with Gasteiger partial charge in [0.2, 0.25) is 0 Å². The van der Waals surface area contributed by atoms with E-state index >= 15 is 0 Å². The van der Waals surface area contributed by atoms with Gasteiger partial charge in [0.25, 0.3) is 0 Å². The minimum Gasteiger partial charge on any atom is -0.493 e. The van der Waals surface area contributed by atoms with E-state index in [9.17, 15) is 0 Å². The zero-order valence-corrected chi connectivity index (χ0v) is 13.5. The molecule has 1 heterocycles. The van der Waals surface area contributed by atoms with Crippen molar-refractivity contribution in [1.82, 2.24) is 0 Å². The Bertz CT molecular complexity index is 697. The number of fused-ring (bicyclic) bond motifs is 1. The SMILES string of the molecule is COc1ccc(C=NC[C@H]2OCCc3ccccc32)cc1OC. The number of hydrogen-bond donors (Lipinski definition) is 0. The number of ether oxygens (including phenoxy) is 3. The maximum absolute atomic E-state index is 5.87. The molecule has 120 valence electrons. The Balaban J connectivity index is 1.70. The molecule has 0 aliphatic carbocycles. The zero-order chi connectivity index (χ0) is 16.1. The predicted molar refractivity (Wildman–Crippen MR) is 90.8 cm³/mol. The third-order valence-electron chi connectivity index (χ3n) is 4.01. The molecule has 0 spiro atoms. The Morgan fingerprint density at radius 2 is 1.96 bits per heavy atom. The summed E-state index contributed by atoms with van der Waals surface area (Å²) in [5.74, 6) is 1.42. The van der Waals surface area contributed by atoms with Gasteiger partial charge in [-0.25, -0.2) is 0 Å². The normalized spacial score (nSPS) is 17.0.